The fourth-order valence-corrected chi connectivity index (χ4v) is 2.90. The molecule has 2 aromatic rings. The molecule has 1 aliphatic rings. The van der Waals surface area contributed by atoms with Crippen molar-refractivity contribution >= 4 is 11.9 Å². The summed E-state index contributed by atoms with van der Waals surface area (Å²) in [5.41, 5.74) is 0.272. The van der Waals surface area contributed by atoms with Crippen LogP contribution < -0.4 is 9.47 Å². The van der Waals surface area contributed by atoms with Crippen LogP contribution in [-0.4, -0.2) is 62.4 Å². The van der Waals surface area contributed by atoms with Crippen molar-refractivity contribution in [2.45, 2.75) is 13.0 Å². The van der Waals surface area contributed by atoms with Crippen molar-refractivity contribution in [1.29, 1.82) is 0 Å². The molecule has 1 amide bonds. The van der Waals surface area contributed by atoms with Crippen LogP contribution in [0.15, 0.2) is 54.6 Å². The molecule has 1 atom stereocenters. The third kappa shape index (κ3) is 5.96. The summed E-state index contributed by atoms with van der Waals surface area (Å²) >= 11 is 0. The van der Waals surface area contributed by atoms with Crippen molar-refractivity contribution < 1.29 is 28.5 Å². The largest absolute Gasteiger partial charge is 0.490 e. The number of carbonyl (C=O) groups is 2. The molecule has 0 aromatic heterocycles. The molecule has 1 aliphatic heterocycles. The summed E-state index contributed by atoms with van der Waals surface area (Å²) in [5.74, 6) is 0.314. The van der Waals surface area contributed by atoms with Gasteiger partial charge >= 0.3 is 5.97 Å². The zero-order valence-corrected chi connectivity index (χ0v) is 16.4. The van der Waals surface area contributed by atoms with E-state index in [1.165, 1.54) is 0 Å². The van der Waals surface area contributed by atoms with Gasteiger partial charge in [0.25, 0.3) is 5.91 Å². The first-order valence-corrected chi connectivity index (χ1v) is 9.62. The van der Waals surface area contributed by atoms with E-state index in [-0.39, 0.29) is 18.1 Å². The van der Waals surface area contributed by atoms with Crippen molar-refractivity contribution in [2.24, 2.45) is 0 Å². The number of amides is 1. The van der Waals surface area contributed by atoms with E-state index < -0.39 is 12.1 Å². The van der Waals surface area contributed by atoms with Crippen LogP contribution in [-0.2, 0) is 14.3 Å². The zero-order valence-electron chi connectivity index (χ0n) is 16.4. The van der Waals surface area contributed by atoms with Gasteiger partial charge in [-0.1, -0.05) is 30.3 Å². The van der Waals surface area contributed by atoms with Crippen LogP contribution in [0.4, 0.5) is 0 Å². The van der Waals surface area contributed by atoms with E-state index in [1.807, 2.05) is 30.3 Å². The Labute approximate surface area is 170 Å². The monoisotopic (exact) mass is 399 g/mol. The minimum absolute atomic E-state index is 0.226. The third-order valence-corrected chi connectivity index (χ3v) is 4.41. The molecule has 3 rings (SSSR count). The Hall–Kier alpha value is -3.06. The molecule has 0 radical (unpaired) electrons. The molecule has 7 nitrogen and oxygen atoms in total. The average molecular weight is 399 g/mol. The number of hydrogen-bond donors (Lipinski definition) is 0. The normalized spacial score (nSPS) is 14.7. The topological polar surface area (TPSA) is 74.3 Å². The van der Waals surface area contributed by atoms with Crippen molar-refractivity contribution in [1.82, 2.24) is 4.90 Å². The molecular weight excluding hydrogens is 374 g/mol. The maximum absolute atomic E-state index is 12.6. The number of hydrogen-bond acceptors (Lipinski definition) is 6. The predicted molar refractivity (Wildman–Crippen MR) is 106 cm³/mol. The average Bonchev–Trinajstić information content (AvgIpc) is 2.77. The van der Waals surface area contributed by atoms with Gasteiger partial charge in [0, 0.05) is 13.1 Å². The Morgan fingerprint density at radius 2 is 1.62 bits per heavy atom. The first-order valence-electron chi connectivity index (χ1n) is 9.62. The van der Waals surface area contributed by atoms with Gasteiger partial charge in [-0.15, -0.1) is 0 Å². The summed E-state index contributed by atoms with van der Waals surface area (Å²) < 4.78 is 21.9. The SMILES string of the molecule is CC(OC(=O)c1ccccc1OCCOc1ccccc1)C(=O)N1CCOCC1. The highest BCUT2D eigenvalue weighted by molar-refractivity contribution is 5.94. The highest BCUT2D eigenvalue weighted by Crippen LogP contribution is 2.20. The molecule has 1 unspecified atom stereocenters. The van der Waals surface area contributed by atoms with Gasteiger partial charge in [0.2, 0.25) is 0 Å². The minimum Gasteiger partial charge on any atom is -0.490 e. The van der Waals surface area contributed by atoms with Crippen LogP contribution in [0.1, 0.15) is 17.3 Å². The Kier molecular flexibility index (Phi) is 7.47. The van der Waals surface area contributed by atoms with Crippen molar-refractivity contribution in [3.05, 3.63) is 60.2 Å². The summed E-state index contributed by atoms with van der Waals surface area (Å²) in [7, 11) is 0. The van der Waals surface area contributed by atoms with E-state index in [0.29, 0.717) is 38.7 Å². The maximum atomic E-state index is 12.6. The Morgan fingerprint density at radius 3 is 2.38 bits per heavy atom. The lowest BCUT2D eigenvalue weighted by atomic mass is 10.2. The quantitative estimate of drug-likeness (QED) is 0.502. The van der Waals surface area contributed by atoms with Crippen LogP contribution in [0.3, 0.4) is 0 Å². The minimum atomic E-state index is -0.880. The summed E-state index contributed by atoms with van der Waals surface area (Å²) in [6, 6.07) is 16.2. The van der Waals surface area contributed by atoms with Gasteiger partial charge in [-0.2, -0.15) is 0 Å². The van der Waals surface area contributed by atoms with Crippen LogP contribution in [0.25, 0.3) is 0 Å². The molecule has 0 spiro atoms. The van der Waals surface area contributed by atoms with Crippen LogP contribution in [0.5, 0.6) is 11.5 Å². The van der Waals surface area contributed by atoms with Crippen molar-refractivity contribution in [3.8, 4) is 11.5 Å². The number of esters is 1. The summed E-state index contributed by atoms with van der Waals surface area (Å²) in [5, 5.41) is 0. The van der Waals surface area contributed by atoms with Crippen LogP contribution in [0.2, 0.25) is 0 Å². The van der Waals surface area contributed by atoms with E-state index in [2.05, 4.69) is 0 Å². The fraction of sp³-hybridized carbons (Fsp3) is 0.364. The summed E-state index contributed by atoms with van der Waals surface area (Å²) in [4.78, 5) is 26.7. The van der Waals surface area contributed by atoms with Gasteiger partial charge in [0.1, 0.15) is 30.3 Å². The van der Waals surface area contributed by atoms with Gasteiger partial charge in [0.15, 0.2) is 6.10 Å². The maximum Gasteiger partial charge on any atom is 0.342 e. The molecule has 29 heavy (non-hydrogen) atoms. The van der Waals surface area contributed by atoms with Crippen LogP contribution in [0, 0.1) is 0 Å². The number of benzene rings is 2. The number of ether oxygens (including phenoxy) is 4. The number of carbonyl (C=O) groups excluding carboxylic acids is 2. The second-order valence-corrected chi connectivity index (χ2v) is 6.49. The molecular formula is C22H25NO6. The Morgan fingerprint density at radius 1 is 0.966 bits per heavy atom. The highest BCUT2D eigenvalue weighted by Gasteiger charge is 2.26. The molecule has 0 N–H and O–H groups in total. The molecule has 154 valence electrons. The molecule has 1 heterocycles. The molecule has 0 bridgehead atoms. The molecule has 0 aliphatic carbocycles. The third-order valence-electron chi connectivity index (χ3n) is 4.41. The van der Waals surface area contributed by atoms with E-state index in [0.717, 1.165) is 5.75 Å². The van der Waals surface area contributed by atoms with Gasteiger partial charge in [-0.05, 0) is 31.2 Å². The molecule has 1 fully saturated rings. The van der Waals surface area contributed by atoms with E-state index in [1.54, 1.807) is 36.1 Å². The van der Waals surface area contributed by atoms with Crippen molar-refractivity contribution in [2.75, 3.05) is 39.5 Å². The van der Waals surface area contributed by atoms with Gasteiger partial charge < -0.3 is 23.8 Å². The van der Waals surface area contributed by atoms with Crippen molar-refractivity contribution in [3.63, 3.8) is 0 Å². The van der Waals surface area contributed by atoms with Crippen LogP contribution >= 0.6 is 0 Å². The number of morpholine rings is 1. The lowest BCUT2D eigenvalue weighted by Gasteiger charge is -2.29. The lowest BCUT2D eigenvalue weighted by Crippen LogP contribution is -2.46. The lowest BCUT2D eigenvalue weighted by molar-refractivity contribution is -0.143. The predicted octanol–water partition coefficient (Wildman–Crippen LogP) is 2.55. The number of nitrogens with zero attached hydrogens (tertiary/aromatic N) is 1. The first kappa shape index (κ1) is 20.7. The summed E-state index contributed by atoms with van der Waals surface area (Å²) in [6.45, 7) is 4.17. The van der Waals surface area contributed by atoms with E-state index >= 15 is 0 Å². The Balaban J connectivity index is 1.53. The molecule has 7 heteroatoms. The van der Waals surface area contributed by atoms with E-state index in [9.17, 15) is 9.59 Å². The number of rotatable bonds is 8. The Bertz CT molecular complexity index is 804. The summed E-state index contributed by atoms with van der Waals surface area (Å²) in [6.07, 6.45) is -0.880. The first-order chi connectivity index (χ1) is 14.1. The molecule has 2 aromatic carbocycles. The van der Waals surface area contributed by atoms with Gasteiger partial charge in [-0.25, -0.2) is 4.79 Å². The second kappa shape index (κ2) is 10.5. The highest BCUT2D eigenvalue weighted by atomic mass is 16.6. The van der Waals surface area contributed by atoms with Gasteiger partial charge in [-0.3, -0.25) is 4.79 Å². The van der Waals surface area contributed by atoms with E-state index in [4.69, 9.17) is 18.9 Å². The molecule has 0 saturated carbocycles. The molecule has 1 saturated heterocycles. The number of para-hydroxylation sites is 2. The standard InChI is InChI=1S/C22H25NO6/c1-17(21(24)23-11-13-26-14-12-23)29-22(25)19-9-5-6-10-20(19)28-16-15-27-18-7-3-2-4-8-18/h2-10,17H,11-16H2,1H3. The zero-order chi connectivity index (χ0) is 20.5. The second-order valence-electron chi connectivity index (χ2n) is 6.49. The van der Waals surface area contributed by atoms with Gasteiger partial charge in [0.05, 0.1) is 13.2 Å². The smallest absolute Gasteiger partial charge is 0.342 e. The fourth-order valence-electron chi connectivity index (χ4n) is 2.90.